The lowest BCUT2D eigenvalue weighted by atomic mass is 10.1. The maximum atomic E-state index is 5.95. The van der Waals surface area contributed by atoms with E-state index in [-0.39, 0.29) is 0 Å². The van der Waals surface area contributed by atoms with Gasteiger partial charge in [-0.1, -0.05) is 36.4 Å². The highest BCUT2D eigenvalue weighted by molar-refractivity contribution is 9.10. The van der Waals surface area contributed by atoms with Gasteiger partial charge >= 0.3 is 0 Å². The third-order valence-corrected chi connectivity index (χ3v) is 3.44. The smallest absolute Gasteiger partial charge is 0.127 e. The molecule has 1 N–H and O–H groups in total. The molecule has 3 heteroatoms. The number of halogens is 1. The molecule has 19 heavy (non-hydrogen) atoms. The summed E-state index contributed by atoms with van der Waals surface area (Å²) >= 11 is 3.55. The van der Waals surface area contributed by atoms with Gasteiger partial charge in [-0.05, 0) is 49.6 Å². The second-order valence-electron chi connectivity index (χ2n) is 4.78. The van der Waals surface area contributed by atoms with E-state index in [4.69, 9.17) is 4.74 Å². The summed E-state index contributed by atoms with van der Waals surface area (Å²) in [4.78, 5) is 0. The largest absolute Gasteiger partial charge is 0.489 e. The Morgan fingerprint density at radius 3 is 2.74 bits per heavy atom. The Morgan fingerprint density at radius 1 is 1.37 bits per heavy atom. The summed E-state index contributed by atoms with van der Waals surface area (Å²) in [5.74, 6) is 0.987. The SMILES string of the molecule is C=C(CC)COc1c(C)cc(Br)cc1CNCCC. The van der Waals surface area contributed by atoms with Gasteiger partial charge in [-0.25, -0.2) is 0 Å². The number of aryl methyl sites for hydroxylation is 1. The number of hydrogen-bond acceptors (Lipinski definition) is 2. The minimum atomic E-state index is 0.597. The van der Waals surface area contributed by atoms with Crippen molar-refractivity contribution in [3.8, 4) is 5.75 Å². The normalized spacial score (nSPS) is 10.5. The highest BCUT2D eigenvalue weighted by atomic mass is 79.9. The predicted molar refractivity (Wildman–Crippen MR) is 85.8 cm³/mol. The molecule has 0 saturated carbocycles. The van der Waals surface area contributed by atoms with E-state index >= 15 is 0 Å². The molecule has 0 saturated heterocycles. The minimum absolute atomic E-state index is 0.597. The van der Waals surface area contributed by atoms with Crippen molar-refractivity contribution in [1.29, 1.82) is 0 Å². The fourth-order valence-electron chi connectivity index (χ4n) is 1.81. The second-order valence-corrected chi connectivity index (χ2v) is 5.70. The summed E-state index contributed by atoms with van der Waals surface area (Å²) < 4.78 is 7.04. The zero-order valence-corrected chi connectivity index (χ0v) is 13.8. The monoisotopic (exact) mass is 325 g/mol. The van der Waals surface area contributed by atoms with E-state index < -0.39 is 0 Å². The molecule has 0 spiro atoms. The van der Waals surface area contributed by atoms with Gasteiger partial charge in [0.2, 0.25) is 0 Å². The van der Waals surface area contributed by atoms with E-state index in [2.05, 4.69) is 60.7 Å². The van der Waals surface area contributed by atoms with Crippen molar-refractivity contribution in [2.75, 3.05) is 13.2 Å². The van der Waals surface area contributed by atoms with Crippen LogP contribution in [0, 0.1) is 6.92 Å². The van der Waals surface area contributed by atoms with Crippen LogP contribution in [0.5, 0.6) is 5.75 Å². The Balaban J connectivity index is 2.83. The first-order valence-corrected chi connectivity index (χ1v) is 7.67. The maximum absolute atomic E-state index is 5.95. The Labute approximate surface area is 125 Å². The number of hydrogen-bond donors (Lipinski definition) is 1. The highest BCUT2D eigenvalue weighted by Crippen LogP contribution is 2.28. The molecular weight excluding hydrogens is 302 g/mol. The van der Waals surface area contributed by atoms with Crippen LogP contribution in [0.2, 0.25) is 0 Å². The molecular formula is C16H24BrNO. The van der Waals surface area contributed by atoms with Crippen LogP contribution in [-0.2, 0) is 6.54 Å². The van der Waals surface area contributed by atoms with E-state index in [1.165, 1.54) is 5.56 Å². The van der Waals surface area contributed by atoms with Crippen LogP contribution in [0.25, 0.3) is 0 Å². The minimum Gasteiger partial charge on any atom is -0.489 e. The van der Waals surface area contributed by atoms with Crippen molar-refractivity contribution in [3.05, 3.63) is 39.9 Å². The number of benzene rings is 1. The van der Waals surface area contributed by atoms with Crippen LogP contribution in [-0.4, -0.2) is 13.2 Å². The molecule has 106 valence electrons. The molecule has 0 amide bonds. The van der Waals surface area contributed by atoms with Gasteiger partial charge in [0.05, 0.1) is 0 Å². The van der Waals surface area contributed by atoms with Crippen molar-refractivity contribution in [3.63, 3.8) is 0 Å². The summed E-state index contributed by atoms with van der Waals surface area (Å²) in [7, 11) is 0. The lowest BCUT2D eigenvalue weighted by molar-refractivity contribution is 0.341. The summed E-state index contributed by atoms with van der Waals surface area (Å²) in [5.41, 5.74) is 3.48. The first kappa shape index (κ1) is 16.3. The Kier molecular flexibility index (Phi) is 7.17. The summed E-state index contributed by atoms with van der Waals surface area (Å²) in [6, 6.07) is 4.22. The van der Waals surface area contributed by atoms with E-state index in [0.29, 0.717) is 6.61 Å². The van der Waals surface area contributed by atoms with E-state index in [9.17, 15) is 0 Å². The van der Waals surface area contributed by atoms with E-state index in [0.717, 1.165) is 47.3 Å². The molecule has 1 rings (SSSR count). The highest BCUT2D eigenvalue weighted by Gasteiger charge is 2.09. The van der Waals surface area contributed by atoms with Crippen molar-refractivity contribution in [1.82, 2.24) is 5.32 Å². The molecule has 0 aromatic heterocycles. The van der Waals surface area contributed by atoms with Gasteiger partial charge in [0.1, 0.15) is 12.4 Å². The molecule has 1 aromatic carbocycles. The molecule has 0 bridgehead atoms. The fourth-order valence-corrected chi connectivity index (χ4v) is 2.43. The summed E-state index contributed by atoms with van der Waals surface area (Å²) in [5, 5.41) is 3.42. The average molecular weight is 326 g/mol. The molecule has 0 unspecified atom stereocenters. The first-order chi connectivity index (χ1) is 9.08. The quantitative estimate of drug-likeness (QED) is 0.557. The molecule has 0 radical (unpaired) electrons. The van der Waals surface area contributed by atoms with Gasteiger partial charge in [0.15, 0.2) is 0 Å². The van der Waals surface area contributed by atoms with Gasteiger partial charge in [-0.15, -0.1) is 0 Å². The number of nitrogens with one attached hydrogen (secondary N) is 1. The summed E-state index contributed by atoms with van der Waals surface area (Å²) in [6.07, 6.45) is 2.09. The second kappa shape index (κ2) is 8.39. The van der Waals surface area contributed by atoms with Gasteiger partial charge < -0.3 is 10.1 Å². The van der Waals surface area contributed by atoms with Gasteiger partial charge in [0, 0.05) is 16.6 Å². The number of ether oxygens (including phenoxy) is 1. The third-order valence-electron chi connectivity index (χ3n) is 2.98. The molecule has 1 aromatic rings. The van der Waals surface area contributed by atoms with Crippen molar-refractivity contribution < 1.29 is 4.74 Å². The average Bonchev–Trinajstić information content (AvgIpc) is 2.37. The molecule has 0 aliphatic rings. The lowest BCUT2D eigenvalue weighted by Crippen LogP contribution is -2.15. The first-order valence-electron chi connectivity index (χ1n) is 6.87. The Morgan fingerprint density at radius 2 is 2.11 bits per heavy atom. The summed E-state index contributed by atoms with van der Waals surface area (Å²) in [6.45, 7) is 12.8. The lowest BCUT2D eigenvalue weighted by Gasteiger charge is -2.16. The Bertz CT molecular complexity index is 429. The van der Waals surface area contributed by atoms with Crippen LogP contribution in [0.3, 0.4) is 0 Å². The van der Waals surface area contributed by atoms with Crippen LogP contribution in [0.15, 0.2) is 28.8 Å². The molecule has 0 atom stereocenters. The van der Waals surface area contributed by atoms with Crippen molar-refractivity contribution in [2.45, 2.75) is 40.2 Å². The topological polar surface area (TPSA) is 21.3 Å². The van der Waals surface area contributed by atoms with Crippen LogP contribution in [0.4, 0.5) is 0 Å². The van der Waals surface area contributed by atoms with E-state index in [1.807, 2.05) is 0 Å². The zero-order chi connectivity index (χ0) is 14.3. The predicted octanol–water partition coefficient (Wildman–Crippen LogP) is 4.60. The van der Waals surface area contributed by atoms with Crippen LogP contribution in [0.1, 0.15) is 37.8 Å². The number of rotatable bonds is 8. The molecule has 0 heterocycles. The fraction of sp³-hybridized carbons (Fsp3) is 0.500. The van der Waals surface area contributed by atoms with Gasteiger partial charge in [-0.2, -0.15) is 0 Å². The maximum Gasteiger partial charge on any atom is 0.127 e. The molecule has 0 aliphatic heterocycles. The molecule has 0 fully saturated rings. The van der Waals surface area contributed by atoms with Crippen LogP contribution < -0.4 is 10.1 Å². The molecule has 2 nitrogen and oxygen atoms in total. The Hall–Kier alpha value is -0.800. The van der Waals surface area contributed by atoms with Gasteiger partial charge in [0.25, 0.3) is 0 Å². The zero-order valence-electron chi connectivity index (χ0n) is 12.2. The van der Waals surface area contributed by atoms with Crippen molar-refractivity contribution >= 4 is 15.9 Å². The van der Waals surface area contributed by atoms with Gasteiger partial charge in [-0.3, -0.25) is 0 Å². The standard InChI is InChI=1S/C16H24BrNO/c1-5-7-18-10-14-9-15(17)8-13(4)16(14)19-11-12(3)6-2/h8-9,18H,3,5-7,10-11H2,1-2,4H3. The van der Waals surface area contributed by atoms with E-state index in [1.54, 1.807) is 0 Å². The van der Waals surface area contributed by atoms with Crippen LogP contribution >= 0.6 is 15.9 Å². The van der Waals surface area contributed by atoms with Crippen molar-refractivity contribution in [2.24, 2.45) is 0 Å². The third kappa shape index (κ3) is 5.37. The molecule has 0 aliphatic carbocycles.